The Morgan fingerprint density at radius 2 is 0.900 bits per heavy atom. The third kappa shape index (κ3) is 8.91. The van der Waals surface area contributed by atoms with Gasteiger partial charge in [0.05, 0.1) is 0 Å². The molecule has 4 rings (SSSR count). The molecule has 4 aromatic carbocycles. The second-order valence-electron chi connectivity index (χ2n) is 11.4. The van der Waals surface area contributed by atoms with E-state index in [0.717, 1.165) is 30.9 Å². The van der Waals surface area contributed by atoms with Crippen LogP contribution in [0.15, 0.2) is 109 Å². The Morgan fingerprint density at radius 3 is 1.40 bits per heavy atom. The molecular weight excluding hydrogens is 486 g/mol. The molecule has 40 heavy (non-hydrogen) atoms. The number of rotatable bonds is 15. The highest BCUT2D eigenvalue weighted by molar-refractivity contribution is 5.63. The quantitative estimate of drug-likeness (QED) is 0.153. The Labute approximate surface area is 242 Å². The summed E-state index contributed by atoms with van der Waals surface area (Å²) in [5.41, 5.74) is 7.61. The van der Waals surface area contributed by atoms with Crippen LogP contribution in [0.1, 0.15) is 64.5 Å². The van der Waals surface area contributed by atoms with Crippen molar-refractivity contribution in [3.05, 3.63) is 120 Å². The van der Waals surface area contributed by atoms with E-state index in [1.165, 1.54) is 48.2 Å². The van der Waals surface area contributed by atoms with Crippen LogP contribution in [0.25, 0.3) is 0 Å². The van der Waals surface area contributed by atoms with Crippen LogP contribution >= 0.6 is 0 Å². The molecule has 3 heteroatoms. The fourth-order valence-electron chi connectivity index (χ4n) is 5.35. The first-order chi connectivity index (χ1) is 19.5. The minimum absolute atomic E-state index is 0.481. The summed E-state index contributed by atoms with van der Waals surface area (Å²) in [5, 5.41) is 3.48. The number of unbranched alkanes of at least 4 members (excludes halogenated alkanes) is 3. The van der Waals surface area contributed by atoms with Crippen LogP contribution in [0, 0.1) is 0 Å². The Bertz CT molecular complexity index is 1130. The van der Waals surface area contributed by atoms with Gasteiger partial charge in [0.25, 0.3) is 0 Å². The van der Waals surface area contributed by atoms with E-state index in [9.17, 15) is 0 Å². The number of nitrogens with zero attached hydrogens (tertiary/aromatic N) is 2. The molecule has 0 aliphatic heterocycles. The maximum atomic E-state index is 3.48. The van der Waals surface area contributed by atoms with Crippen molar-refractivity contribution in [2.24, 2.45) is 0 Å². The van der Waals surface area contributed by atoms with Crippen LogP contribution in [0.2, 0.25) is 0 Å². The van der Waals surface area contributed by atoms with Gasteiger partial charge in [0.15, 0.2) is 0 Å². The zero-order valence-corrected chi connectivity index (χ0v) is 24.9. The molecule has 0 aliphatic carbocycles. The summed E-state index contributed by atoms with van der Waals surface area (Å²) in [6, 6.07) is 40.1. The van der Waals surface area contributed by atoms with Gasteiger partial charge in [-0.3, -0.25) is 0 Å². The van der Waals surface area contributed by atoms with Crippen molar-refractivity contribution in [3.63, 3.8) is 0 Å². The summed E-state index contributed by atoms with van der Waals surface area (Å²) in [6.45, 7) is 11.4. The first-order valence-corrected chi connectivity index (χ1v) is 15.1. The molecule has 0 fully saturated rings. The fourth-order valence-corrected chi connectivity index (χ4v) is 5.35. The summed E-state index contributed by atoms with van der Waals surface area (Å²) in [7, 11) is 0. The van der Waals surface area contributed by atoms with Gasteiger partial charge in [-0.15, -0.1) is 0 Å². The van der Waals surface area contributed by atoms with E-state index >= 15 is 0 Å². The van der Waals surface area contributed by atoms with Gasteiger partial charge in [0, 0.05) is 47.9 Å². The van der Waals surface area contributed by atoms with E-state index in [2.05, 4.69) is 146 Å². The van der Waals surface area contributed by atoms with Gasteiger partial charge >= 0.3 is 0 Å². The fraction of sp³-hybridized carbons (Fsp3) is 0.351. The van der Waals surface area contributed by atoms with Crippen molar-refractivity contribution in [1.82, 2.24) is 0 Å². The minimum Gasteiger partial charge on any atom is -0.369 e. The molecular formula is C37H47N3. The Hall–Kier alpha value is -3.72. The lowest BCUT2D eigenvalue weighted by molar-refractivity contribution is 0.578. The molecule has 0 aliphatic rings. The summed E-state index contributed by atoms with van der Waals surface area (Å²) >= 11 is 0. The van der Waals surface area contributed by atoms with Gasteiger partial charge in [-0.1, -0.05) is 73.5 Å². The predicted octanol–water partition coefficient (Wildman–Crippen LogP) is 9.71. The van der Waals surface area contributed by atoms with Gasteiger partial charge in [0.2, 0.25) is 0 Å². The van der Waals surface area contributed by atoms with Crippen LogP contribution < -0.4 is 15.1 Å². The standard InChI is InChI=1S/C37H47N3/c1-30(2)39(36-23-19-33(20-24-36)29-32-15-9-7-10-16-32)27-13-5-6-14-28-40(31(3)4)37-25-21-35(22-26-37)38-34-17-11-8-12-18-34/h7-12,15-26,30-31,38H,5-6,13-14,27-29H2,1-4H3. The van der Waals surface area contributed by atoms with E-state index in [4.69, 9.17) is 0 Å². The molecule has 0 heterocycles. The average Bonchev–Trinajstić information content (AvgIpc) is 2.96. The Balaban J connectivity index is 1.21. The third-order valence-corrected chi connectivity index (χ3v) is 7.58. The molecule has 4 aromatic rings. The first kappa shape index (κ1) is 29.3. The van der Waals surface area contributed by atoms with E-state index in [0.29, 0.717) is 12.1 Å². The highest BCUT2D eigenvalue weighted by atomic mass is 15.2. The van der Waals surface area contributed by atoms with Crippen molar-refractivity contribution >= 4 is 22.7 Å². The lowest BCUT2D eigenvalue weighted by Gasteiger charge is -2.30. The molecule has 0 radical (unpaired) electrons. The van der Waals surface area contributed by atoms with Gasteiger partial charge < -0.3 is 15.1 Å². The maximum absolute atomic E-state index is 3.48. The van der Waals surface area contributed by atoms with Crippen molar-refractivity contribution in [2.45, 2.75) is 71.9 Å². The van der Waals surface area contributed by atoms with Gasteiger partial charge in [-0.25, -0.2) is 0 Å². The molecule has 0 saturated carbocycles. The monoisotopic (exact) mass is 533 g/mol. The molecule has 0 amide bonds. The van der Waals surface area contributed by atoms with Gasteiger partial charge in [0.1, 0.15) is 0 Å². The van der Waals surface area contributed by atoms with E-state index in [1.807, 2.05) is 6.07 Å². The van der Waals surface area contributed by atoms with Crippen LogP contribution in [-0.4, -0.2) is 25.2 Å². The summed E-state index contributed by atoms with van der Waals surface area (Å²) in [6.07, 6.45) is 5.97. The zero-order valence-electron chi connectivity index (χ0n) is 24.9. The highest BCUT2D eigenvalue weighted by Gasteiger charge is 2.12. The van der Waals surface area contributed by atoms with Crippen molar-refractivity contribution in [2.75, 3.05) is 28.2 Å². The van der Waals surface area contributed by atoms with Crippen LogP contribution in [0.5, 0.6) is 0 Å². The predicted molar refractivity (Wildman–Crippen MR) is 175 cm³/mol. The number of hydrogen-bond donors (Lipinski definition) is 1. The molecule has 0 aromatic heterocycles. The van der Waals surface area contributed by atoms with Crippen molar-refractivity contribution in [1.29, 1.82) is 0 Å². The van der Waals surface area contributed by atoms with Crippen LogP contribution in [-0.2, 0) is 6.42 Å². The van der Waals surface area contributed by atoms with Crippen molar-refractivity contribution in [3.8, 4) is 0 Å². The second-order valence-corrected chi connectivity index (χ2v) is 11.4. The average molecular weight is 534 g/mol. The minimum atomic E-state index is 0.481. The lowest BCUT2D eigenvalue weighted by atomic mass is 10.0. The van der Waals surface area contributed by atoms with Crippen LogP contribution in [0.3, 0.4) is 0 Å². The number of benzene rings is 4. The number of anilines is 4. The van der Waals surface area contributed by atoms with E-state index in [1.54, 1.807) is 0 Å². The van der Waals surface area contributed by atoms with E-state index < -0.39 is 0 Å². The molecule has 0 spiro atoms. The summed E-state index contributed by atoms with van der Waals surface area (Å²) < 4.78 is 0. The summed E-state index contributed by atoms with van der Waals surface area (Å²) in [4.78, 5) is 5.08. The number of hydrogen-bond acceptors (Lipinski definition) is 3. The Morgan fingerprint density at radius 1 is 0.475 bits per heavy atom. The number of para-hydroxylation sites is 1. The van der Waals surface area contributed by atoms with Crippen molar-refractivity contribution < 1.29 is 0 Å². The normalized spacial score (nSPS) is 11.2. The second kappa shape index (κ2) is 15.2. The molecule has 0 unspecified atom stereocenters. The molecule has 210 valence electrons. The SMILES string of the molecule is CC(C)N(CCCCCCN(c1ccc(Nc2ccccc2)cc1)C(C)C)c1ccc(Cc2ccccc2)cc1. The Kier molecular flexibility index (Phi) is 11.1. The maximum Gasteiger partial charge on any atom is 0.0385 e. The van der Waals surface area contributed by atoms with Gasteiger partial charge in [-0.05, 0) is 107 Å². The zero-order chi connectivity index (χ0) is 28.2. The summed E-state index contributed by atoms with van der Waals surface area (Å²) in [5.74, 6) is 0. The number of nitrogens with one attached hydrogen (secondary N) is 1. The highest BCUT2D eigenvalue weighted by Crippen LogP contribution is 2.24. The first-order valence-electron chi connectivity index (χ1n) is 15.1. The van der Waals surface area contributed by atoms with Gasteiger partial charge in [-0.2, -0.15) is 0 Å². The molecule has 3 nitrogen and oxygen atoms in total. The molecule has 0 atom stereocenters. The smallest absolute Gasteiger partial charge is 0.0385 e. The lowest BCUT2D eigenvalue weighted by Crippen LogP contribution is -2.32. The molecule has 0 saturated heterocycles. The van der Waals surface area contributed by atoms with E-state index in [-0.39, 0.29) is 0 Å². The third-order valence-electron chi connectivity index (χ3n) is 7.58. The topological polar surface area (TPSA) is 18.5 Å². The molecule has 1 N–H and O–H groups in total. The molecule has 0 bridgehead atoms. The van der Waals surface area contributed by atoms with Crippen LogP contribution in [0.4, 0.5) is 22.7 Å². The largest absolute Gasteiger partial charge is 0.369 e.